The maximum Gasteiger partial charge on any atom is 0.117 e. The van der Waals surface area contributed by atoms with Gasteiger partial charge < -0.3 is 5.32 Å². The predicted molar refractivity (Wildman–Crippen MR) is 126 cm³/mol. The van der Waals surface area contributed by atoms with E-state index in [9.17, 15) is 0 Å². The summed E-state index contributed by atoms with van der Waals surface area (Å²) in [5.41, 5.74) is 2.24. The molecule has 0 spiro atoms. The van der Waals surface area contributed by atoms with E-state index in [1.807, 2.05) is 60.7 Å². The van der Waals surface area contributed by atoms with Gasteiger partial charge in [0.05, 0.1) is 20.9 Å². The standard InChI is InChI=1S/C21H16N2S2.HI/c1(2-4-14-20-22-16-10-6-8-12-18(16)24-20)3-5-15-21-23-17-11-7-9-13-19(17)25-21;/h1-15,22H;1H. The number of para-hydroxylation sites is 2. The van der Waals surface area contributed by atoms with E-state index in [1.165, 1.54) is 15.3 Å². The number of thiazole rings is 1. The van der Waals surface area contributed by atoms with E-state index in [-0.39, 0.29) is 24.0 Å². The first kappa shape index (κ1) is 18.9. The van der Waals surface area contributed by atoms with Crippen molar-refractivity contribution in [3.8, 4) is 0 Å². The lowest BCUT2D eigenvalue weighted by atomic mass is 10.3. The van der Waals surface area contributed by atoms with Crippen molar-refractivity contribution in [1.82, 2.24) is 4.98 Å². The molecule has 2 heterocycles. The number of thioether (sulfide) groups is 1. The quantitative estimate of drug-likeness (QED) is 0.313. The molecule has 2 nitrogen and oxygen atoms in total. The normalized spacial score (nSPS) is 15.2. The molecule has 0 atom stereocenters. The molecular weight excluding hydrogens is 471 g/mol. The summed E-state index contributed by atoms with van der Waals surface area (Å²) >= 11 is 3.46. The van der Waals surface area contributed by atoms with Gasteiger partial charge in [-0.2, -0.15) is 0 Å². The van der Waals surface area contributed by atoms with Crippen LogP contribution in [-0.2, 0) is 0 Å². The summed E-state index contributed by atoms with van der Waals surface area (Å²) in [4.78, 5) is 5.85. The Bertz CT molecular complexity index is 956. The van der Waals surface area contributed by atoms with Crippen LogP contribution in [0.15, 0.2) is 94.9 Å². The van der Waals surface area contributed by atoms with Gasteiger partial charge in [0.2, 0.25) is 0 Å². The molecule has 3 aromatic rings. The Balaban J connectivity index is 0.00000196. The minimum atomic E-state index is 0. The van der Waals surface area contributed by atoms with Crippen LogP contribution in [0.5, 0.6) is 0 Å². The number of benzene rings is 2. The fourth-order valence-electron chi connectivity index (χ4n) is 2.45. The van der Waals surface area contributed by atoms with Gasteiger partial charge in [-0.1, -0.05) is 66.4 Å². The summed E-state index contributed by atoms with van der Waals surface area (Å²) in [5, 5.41) is 5.58. The Morgan fingerprint density at radius 1 is 0.846 bits per heavy atom. The smallest absolute Gasteiger partial charge is 0.117 e. The van der Waals surface area contributed by atoms with Gasteiger partial charge in [-0.25, -0.2) is 4.98 Å². The minimum Gasteiger partial charge on any atom is -0.349 e. The fourth-order valence-corrected chi connectivity index (χ4v) is 4.25. The number of halogens is 1. The SMILES string of the molecule is C(=CC=Cc1nc2ccccc2s1)C=CC=C1Nc2ccccc2S1.I. The van der Waals surface area contributed by atoms with Crippen molar-refractivity contribution in [2.75, 3.05) is 5.32 Å². The number of rotatable bonds is 4. The fraction of sp³-hybridized carbons (Fsp3) is 0. The first-order chi connectivity index (χ1) is 12.4. The molecule has 0 unspecified atom stereocenters. The number of aromatic nitrogens is 1. The molecule has 4 rings (SSSR count). The molecule has 0 radical (unpaired) electrons. The summed E-state index contributed by atoms with van der Waals surface area (Å²) in [6, 6.07) is 16.5. The Morgan fingerprint density at radius 2 is 1.62 bits per heavy atom. The summed E-state index contributed by atoms with van der Waals surface area (Å²) in [6.07, 6.45) is 14.3. The highest BCUT2D eigenvalue weighted by molar-refractivity contribution is 14.0. The lowest BCUT2D eigenvalue weighted by molar-refractivity contribution is 1.46. The largest absolute Gasteiger partial charge is 0.349 e. The van der Waals surface area contributed by atoms with Gasteiger partial charge in [-0.15, -0.1) is 35.3 Å². The zero-order valence-electron chi connectivity index (χ0n) is 13.8. The van der Waals surface area contributed by atoms with E-state index in [0.717, 1.165) is 15.6 Å². The lowest BCUT2D eigenvalue weighted by Gasteiger charge is -1.95. The Kier molecular flexibility index (Phi) is 6.71. The van der Waals surface area contributed by atoms with Gasteiger partial charge in [0.25, 0.3) is 0 Å². The summed E-state index contributed by atoms with van der Waals surface area (Å²) < 4.78 is 1.22. The van der Waals surface area contributed by atoms with Crippen molar-refractivity contribution in [3.63, 3.8) is 0 Å². The van der Waals surface area contributed by atoms with Crippen molar-refractivity contribution in [3.05, 3.63) is 95.0 Å². The van der Waals surface area contributed by atoms with E-state index in [0.29, 0.717) is 0 Å². The monoisotopic (exact) mass is 488 g/mol. The molecule has 2 aromatic carbocycles. The average Bonchev–Trinajstić information content (AvgIpc) is 3.23. The number of hydrogen-bond donors (Lipinski definition) is 1. The van der Waals surface area contributed by atoms with Crippen LogP contribution < -0.4 is 5.32 Å². The Labute approximate surface area is 178 Å². The number of nitrogens with zero attached hydrogens (tertiary/aromatic N) is 1. The number of allylic oxidation sites excluding steroid dienone is 6. The maximum absolute atomic E-state index is 4.58. The Hall–Kier alpha value is -1.83. The molecule has 130 valence electrons. The molecule has 1 aliphatic rings. The zero-order chi connectivity index (χ0) is 16.9. The van der Waals surface area contributed by atoms with Gasteiger partial charge in [-0.3, -0.25) is 0 Å². The topological polar surface area (TPSA) is 24.9 Å². The van der Waals surface area contributed by atoms with Gasteiger partial charge in [0.1, 0.15) is 5.01 Å². The van der Waals surface area contributed by atoms with E-state index in [2.05, 4.69) is 40.6 Å². The Morgan fingerprint density at radius 3 is 2.50 bits per heavy atom. The highest BCUT2D eigenvalue weighted by Crippen LogP contribution is 2.40. The van der Waals surface area contributed by atoms with Crippen molar-refractivity contribution in [2.24, 2.45) is 0 Å². The van der Waals surface area contributed by atoms with Gasteiger partial charge in [-0.05, 0) is 36.4 Å². The van der Waals surface area contributed by atoms with E-state index < -0.39 is 0 Å². The molecule has 1 aromatic heterocycles. The van der Waals surface area contributed by atoms with Crippen molar-refractivity contribution in [2.45, 2.75) is 4.90 Å². The molecule has 5 heteroatoms. The number of hydrogen-bond acceptors (Lipinski definition) is 4. The van der Waals surface area contributed by atoms with Crippen molar-refractivity contribution in [1.29, 1.82) is 0 Å². The second kappa shape index (κ2) is 9.21. The highest BCUT2D eigenvalue weighted by Gasteiger charge is 2.13. The van der Waals surface area contributed by atoms with Gasteiger partial charge in [0.15, 0.2) is 0 Å². The third-order valence-electron chi connectivity index (χ3n) is 3.61. The van der Waals surface area contributed by atoms with Crippen LogP contribution in [0.4, 0.5) is 5.69 Å². The van der Waals surface area contributed by atoms with Gasteiger partial charge in [0, 0.05) is 4.90 Å². The molecule has 1 N–H and O–H groups in total. The van der Waals surface area contributed by atoms with Crippen molar-refractivity contribution < 1.29 is 0 Å². The molecule has 0 aliphatic carbocycles. The molecule has 1 aliphatic heterocycles. The first-order valence-electron chi connectivity index (χ1n) is 8.00. The number of anilines is 1. The predicted octanol–water partition coefficient (Wildman–Crippen LogP) is 7.10. The van der Waals surface area contributed by atoms with Crippen LogP contribution in [0.2, 0.25) is 0 Å². The van der Waals surface area contributed by atoms with Crippen LogP contribution >= 0.6 is 47.1 Å². The van der Waals surface area contributed by atoms with Crippen LogP contribution in [0.3, 0.4) is 0 Å². The molecule has 0 fully saturated rings. The second-order valence-electron chi connectivity index (χ2n) is 5.40. The van der Waals surface area contributed by atoms with Gasteiger partial charge >= 0.3 is 0 Å². The van der Waals surface area contributed by atoms with Crippen LogP contribution in [-0.4, -0.2) is 4.98 Å². The molecule has 0 bridgehead atoms. The zero-order valence-corrected chi connectivity index (χ0v) is 17.8. The van der Waals surface area contributed by atoms with Crippen LogP contribution in [0, 0.1) is 0 Å². The molecule has 0 saturated heterocycles. The van der Waals surface area contributed by atoms with Crippen LogP contribution in [0.1, 0.15) is 5.01 Å². The average molecular weight is 488 g/mol. The second-order valence-corrected chi connectivity index (χ2v) is 7.55. The third-order valence-corrected chi connectivity index (χ3v) is 5.64. The minimum absolute atomic E-state index is 0. The first-order valence-corrected chi connectivity index (χ1v) is 9.63. The molecule has 26 heavy (non-hydrogen) atoms. The third kappa shape index (κ3) is 4.66. The maximum atomic E-state index is 4.58. The lowest BCUT2D eigenvalue weighted by Crippen LogP contribution is -1.86. The highest BCUT2D eigenvalue weighted by atomic mass is 127. The summed E-state index contributed by atoms with van der Waals surface area (Å²) in [5.74, 6) is 0. The van der Waals surface area contributed by atoms with E-state index in [4.69, 9.17) is 0 Å². The van der Waals surface area contributed by atoms with Crippen molar-refractivity contribution >= 4 is 69.1 Å². The molecule has 0 amide bonds. The summed E-state index contributed by atoms with van der Waals surface area (Å²) in [6.45, 7) is 0. The molecular formula is C21H17IN2S2. The molecule has 0 saturated carbocycles. The number of nitrogens with one attached hydrogen (secondary N) is 1. The van der Waals surface area contributed by atoms with E-state index in [1.54, 1.807) is 23.1 Å². The number of fused-ring (bicyclic) bond motifs is 2. The van der Waals surface area contributed by atoms with E-state index >= 15 is 0 Å². The summed E-state index contributed by atoms with van der Waals surface area (Å²) in [7, 11) is 0. The van der Waals surface area contributed by atoms with Crippen LogP contribution in [0.25, 0.3) is 16.3 Å².